The number of amides is 2. The first-order valence-corrected chi connectivity index (χ1v) is 8.63. The first-order valence-electron chi connectivity index (χ1n) is 7.75. The number of carbonyl (C=O) groups is 2. The molecule has 6 nitrogen and oxygen atoms in total. The monoisotopic (exact) mass is 345 g/mol. The Morgan fingerprint density at radius 2 is 1.71 bits per heavy atom. The Kier molecular flexibility index (Phi) is 5.58. The zero-order valence-corrected chi connectivity index (χ0v) is 14.0. The van der Waals surface area contributed by atoms with Crippen LogP contribution in [0.4, 0.5) is 11.4 Å². The summed E-state index contributed by atoms with van der Waals surface area (Å²) in [7, 11) is 0. The summed E-state index contributed by atoms with van der Waals surface area (Å²) in [6.07, 6.45) is 0. The molecule has 0 bridgehead atoms. The van der Waals surface area contributed by atoms with Gasteiger partial charge >= 0.3 is 0 Å². The minimum Gasteiger partial charge on any atom is -0.379 e. The molecule has 0 unspecified atom stereocenters. The van der Waals surface area contributed by atoms with Crippen LogP contribution in [0.3, 0.4) is 0 Å². The van der Waals surface area contributed by atoms with Gasteiger partial charge in [0.25, 0.3) is 5.91 Å². The number of hydrogen-bond acceptors (Lipinski definition) is 5. The normalized spacial score (nSPS) is 15.0. The molecule has 0 spiro atoms. The van der Waals surface area contributed by atoms with Gasteiger partial charge in [-0.1, -0.05) is 6.07 Å². The quantitative estimate of drug-likeness (QED) is 0.872. The summed E-state index contributed by atoms with van der Waals surface area (Å²) in [6.45, 7) is 3.26. The van der Waals surface area contributed by atoms with Gasteiger partial charge in [0, 0.05) is 24.5 Å². The summed E-state index contributed by atoms with van der Waals surface area (Å²) >= 11 is 1.40. The lowest BCUT2D eigenvalue weighted by Crippen LogP contribution is -2.41. The molecule has 1 aliphatic heterocycles. The molecule has 24 heavy (non-hydrogen) atoms. The van der Waals surface area contributed by atoms with E-state index in [2.05, 4.69) is 15.5 Å². The number of benzene rings is 1. The van der Waals surface area contributed by atoms with E-state index < -0.39 is 0 Å². The summed E-state index contributed by atoms with van der Waals surface area (Å²) in [5.74, 6) is -0.179. The maximum absolute atomic E-state index is 12.0. The number of carbonyl (C=O) groups excluding carboxylic acids is 2. The first-order chi connectivity index (χ1) is 11.7. The molecule has 1 aliphatic rings. The number of morpholine rings is 1. The van der Waals surface area contributed by atoms with Crippen LogP contribution in [-0.4, -0.2) is 49.6 Å². The highest BCUT2D eigenvalue weighted by Gasteiger charge is 2.14. The summed E-state index contributed by atoms with van der Waals surface area (Å²) in [5.41, 5.74) is 1.40. The molecule has 1 aromatic carbocycles. The van der Waals surface area contributed by atoms with Gasteiger partial charge in [-0.25, -0.2) is 0 Å². The Morgan fingerprint density at radius 1 is 1.04 bits per heavy atom. The smallest absolute Gasteiger partial charge is 0.265 e. The van der Waals surface area contributed by atoms with Gasteiger partial charge in [-0.3, -0.25) is 14.5 Å². The molecule has 0 radical (unpaired) electrons. The number of hydrogen-bond donors (Lipinski definition) is 2. The van der Waals surface area contributed by atoms with Crippen LogP contribution in [0.2, 0.25) is 0 Å². The zero-order chi connectivity index (χ0) is 16.8. The Balaban J connectivity index is 1.50. The maximum Gasteiger partial charge on any atom is 0.265 e. The summed E-state index contributed by atoms with van der Waals surface area (Å²) in [6, 6.07) is 10.7. The SMILES string of the molecule is O=C(CN1CCOCC1)Nc1ccc(NC(=O)c2cccs2)cc1. The van der Waals surface area contributed by atoms with E-state index in [1.165, 1.54) is 11.3 Å². The Labute approximate surface area is 144 Å². The largest absolute Gasteiger partial charge is 0.379 e. The first kappa shape index (κ1) is 16.6. The lowest BCUT2D eigenvalue weighted by molar-refractivity contribution is -0.118. The van der Waals surface area contributed by atoms with Crippen LogP contribution in [0.15, 0.2) is 41.8 Å². The van der Waals surface area contributed by atoms with E-state index >= 15 is 0 Å². The molecule has 2 heterocycles. The molecule has 1 saturated heterocycles. The molecule has 126 valence electrons. The highest BCUT2D eigenvalue weighted by atomic mass is 32.1. The van der Waals surface area contributed by atoms with Crippen LogP contribution in [0, 0.1) is 0 Å². The maximum atomic E-state index is 12.0. The number of nitrogens with zero attached hydrogens (tertiary/aromatic N) is 1. The van der Waals surface area contributed by atoms with Crippen molar-refractivity contribution in [2.24, 2.45) is 0 Å². The predicted octanol–water partition coefficient (Wildman–Crippen LogP) is 2.27. The van der Waals surface area contributed by atoms with Crippen molar-refractivity contribution in [2.45, 2.75) is 0 Å². The van der Waals surface area contributed by atoms with Crippen LogP contribution in [0.25, 0.3) is 0 Å². The van der Waals surface area contributed by atoms with Crippen LogP contribution < -0.4 is 10.6 Å². The van der Waals surface area contributed by atoms with Crippen LogP contribution >= 0.6 is 11.3 Å². The van der Waals surface area contributed by atoms with E-state index in [0.29, 0.717) is 36.0 Å². The number of thiophene rings is 1. The predicted molar refractivity (Wildman–Crippen MR) is 94.6 cm³/mol. The third-order valence-electron chi connectivity index (χ3n) is 3.64. The fraction of sp³-hybridized carbons (Fsp3) is 0.294. The highest BCUT2D eigenvalue weighted by molar-refractivity contribution is 7.12. The van der Waals surface area contributed by atoms with Gasteiger partial charge in [0.15, 0.2) is 0 Å². The molecule has 1 aromatic heterocycles. The Hall–Kier alpha value is -2.22. The van der Waals surface area contributed by atoms with E-state index in [1.807, 2.05) is 11.4 Å². The van der Waals surface area contributed by atoms with Crippen molar-refractivity contribution >= 4 is 34.5 Å². The fourth-order valence-electron chi connectivity index (χ4n) is 2.40. The van der Waals surface area contributed by atoms with Crippen LogP contribution in [-0.2, 0) is 9.53 Å². The van der Waals surface area contributed by atoms with Gasteiger partial charge in [0.05, 0.1) is 24.6 Å². The fourth-order valence-corrected chi connectivity index (χ4v) is 3.02. The van der Waals surface area contributed by atoms with Crippen molar-refractivity contribution in [1.82, 2.24) is 4.90 Å². The number of anilines is 2. The van der Waals surface area contributed by atoms with Gasteiger partial charge in [-0.2, -0.15) is 0 Å². The van der Waals surface area contributed by atoms with Gasteiger partial charge in [0.2, 0.25) is 5.91 Å². The van der Waals surface area contributed by atoms with Crippen molar-refractivity contribution in [1.29, 1.82) is 0 Å². The number of rotatable bonds is 5. The Bertz CT molecular complexity index is 680. The third-order valence-corrected chi connectivity index (χ3v) is 4.51. The molecular weight excluding hydrogens is 326 g/mol. The molecule has 3 rings (SSSR count). The van der Waals surface area contributed by atoms with E-state index in [0.717, 1.165) is 13.1 Å². The summed E-state index contributed by atoms with van der Waals surface area (Å²) in [5, 5.41) is 7.56. The molecule has 2 aromatic rings. The molecule has 7 heteroatoms. The third kappa shape index (κ3) is 4.64. The van der Waals surface area contributed by atoms with Crippen molar-refractivity contribution in [2.75, 3.05) is 43.5 Å². The molecule has 2 amide bonds. The second kappa shape index (κ2) is 8.05. The lowest BCUT2D eigenvalue weighted by atomic mass is 10.2. The van der Waals surface area contributed by atoms with E-state index in [1.54, 1.807) is 30.3 Å². The van der Waals surface area contributed by atoms with E-state index in [-0.39, 0.29) is 11.8 Å². The average molecular weight is 345 g/mol. The minimum atomic E-state index is -0.130. The summed E-state index contributed by atoms with van der Waals surface area (Å²) in [4.78, 5) is 26.7. The zero-order valence-electron chi connectivity index (χ0n) is 13.2. The van der Waals surface area contributed by atoms with Crippen LogP contribution in [0.1, 0.15) is 9.67 Å². The van der Waals surface area contributed by atoms with Crippen molar-refractivity contribution in [3.05, 3.63) is 46.7 Å². The highest BCUT2D eigenvalue weighted by Crippen LogP contribution is 2.16. The van der Waals surface area contributed by atoms with Crippen LogP contribution in [0.5, 0.6) is 0 Å². The topological polar surface area (TPSA) is 70.7 Å². The van der Waals surface area contributed by atoms with Gasteiger partial charge < -0.3 is 15.4 Å². The summed E-state index contributed by atoms with van der Waals surface area (Å²) < 4.78 is 5.26. The van der Waals surface area contributed by atoms with E-state index in [4.69, 9.17) is 4.74 Å². The molecule has 0 saturated carbocycles. The van der Waals surface area contributed by atoms with Gasteiger partial charge in [0.1, 0.15) is 0 Å². The second-order valence-electron chi connectivity index (χ2n) is 5.45. The molecule has 0 aliphatic carbocycles. The molecule has 0 atom stereocenters. The molecular formula is C17H19N3O3S. The second-order valence-corrected chi connectivity index (χ2v) is 6.39. The molecule has 1 fully saturated rings. The molecule has 2 N–H and O–H groups in total. The average Bonchev–Trinajstić information content (AvgIpc) is 3.12. The van der Waals surface area contributed by atoms with Gasteiger partial charge in [-0.05, 0) is 35.7 Å². The standard InChI is InChI=1S/C17H19N3O3S/c21-16(12-20-7-9-23-10-8-20)18-13-3-5-14(6-4-13)19-17(22)15-2-1-11-24-15/h1-6,11H,7-10,12H2,(H,18,21)(H,19,22). The van der Waals surface area contributed by atoms with Crippen molar-refractivity contribution < 1.29 is 14.3 Å². The Morgan fingerprint density at radius 3 is 2.33 bits per heavy atom. The van der Waals surface area contributed by atoms with Crippen molar-refractivity contribution in [3.63, 3.8) is 0 Å². The number of nitrogens with one attached hydrogen (secondary N) is 2. The number of ether oxygens (including phenoxy) is 1. The van der Waals surface area contributed by atoms with Gasteiger partial charge in [-0.15, -0.1) is 11.3 Å². The van der Waals surface area contributed by atoms with Crippen molar-refractivity contribution in [3.8, 4) is 0 Å². The lowest BCUT2D eigenvalue weighted by Gasteiger charge is -2.25. The van der Waals surface area contributed by atoms with E-state index in [9.17, 15) is 9.59 Å². The minimum absolute atomic E-state index is 0.0488.